The number of aromatic nitrogens is 1. The molecule has 3 rings (SSSR count). The van der Waals surface area contributed by atoms with Crippen molar-refractivity contribution in [2.45, 2.75) is 13.8 Å². The van der Waals surface area contributed by atoms with E-state index in [1.807, 2.05) is 36.9 Å². The highest BCUT2D eigenvalue weighted by Crippen LogP contribution is 2.19. The second kappa shape index (κ2) is 8.18. The van der Waals surface area contributed by atoms with E-state index in [2.05, 4.69) is 10.3 Å². The van der Waals surface area contributed by atoms with Crippen LogP contribution in [0.4, 0.5) is 5.69 Å². The number of aryl methyl sites for hydroxylation is 2. The fourth-order valence-corrected chi connectivity index (χ4v) is 3.23. The van der Waals surface area contributed by atoms with Gasteiger partial charge in [-0.3, -0.25) is 19.3 Å². The predicted octanol–water partition coefficient (Wildman–Crippen LogP) is 1.39. The molecule has 1 aromatic carbocycles. The van der Waals surface area contributed by atoms with Gasteiger partial charge in [-0.2, -0.15) is 0 Å². The van der Waals surface area contributed by atoms with Gasteiger partial charge in [0.25, 0.3) is 5.91 Å². The number of nitrogens with one attached hydrogen (secondary N) is 2. The van der Waals surface area contributed by atoms with Crippen LogP contribution in [0.15, 0.2) is 41.3 Å². The molecule has 0 bridgehead atoms. The molecule has 0 unspecified atom stereocenters. The van der Waals surface area contributed by atoms with Crippen LogP contribution in [0.5, 0.6) is 0 Å². The minimum atomic E-state index is -0.230. The molecule has 2 N–H and O–H groups in total. The fraction of sp³-hybridized carbons (Fsp3) is 0.350. The van der Waals surface area contributed by atoms with Crippen LogP contribution >= 0.6 is 0 Å². The Kier molecular flexibility index (Phi) is 5.71. The Balaban J connectivity index is 1.52. The van der Waals surface area contributed by atoms with E-state index in [1.165, 1.54) is 18.3 Å². The Morgan fingerprint density at radius 3 is 2.30 bits per heavy atom. The van der Waals surface area contributed by atoms with Gasteiger partial charge in [0.05, 0.1) is 12.1 Å². The van der Waals surface area contributed by atoms with E-state index in [0.717, 1.165) is 16.8 Å². The maximum absolute atomic E-state index is 12.5. The Morgan fingerprint density at radius 2 is 1.70 bits per heavy atom. The number of nitrogens with zero attached hydrogens (tertiary/aromatic N) is 2. The molecule has 0 atom stereocenters. The van der Waals surface area contributed by atoms with Crippen LogP contribution in [0.3, 0.4) is 0 Å². The number of benzene rings is 1. The first-order chi connectivity index (χ1) is 12.9. The normalized spacial score (nSPS) is 14.8. The lowest BCUT2D eigenvalue weighted by atomic mass is 10.1. The molecule has 0 saturated carbocycles. The number of hydrogen-bond donors (Lipinski definition) is 2. The van der Waals surface area contributed by atoms with Gasteiger partial charge in [-0.25, -0.2) is 0 Å². The molecule has 142 valence electrons. The quantitative estimate of drug-likeness (QED) is 0.854. The van der Waals surface area contributed by atoms with Crippen LogP contribution in [-0.2, 0) is 4.79 Å². The highest BCUT2D eigenvalue weighted by molar-refractivity contribution is 5.94. The molecule has 2 amide bonds. The lowest BCUT2D eigenvalue weighted by Gasteiger charge is -2.34. The fourth-order valence-electron chi connectivity index (χ4n) is 3.23. The standard InChI is InChI=1S/C20H24N4O3/c1-14-4-3-5-15(2)19(14)22-18(26)13-23-8-10-24(11-9-23)20(27)16-6-7-17(25)21-12-16/h3-7,12H,8-11,13H2,1-2H3,(H,21,25)(H,22,26). The first-order valence-electron chi connectivity index (χ1n) is 9.00. The summed E-state index contributed by atoms with van der Waals surface area (Å²) >= 11 is 0. The van der Waals surface area contributed by atoms with E-state index >= 15 is 0 Å². The van der Waals surface area contributed by atoms with Gasteiger partial charge in [-0.1, -0.05) is 18.2 Å². The van der Waals surface area contributed by atoms with Crippen LogP contribution < -0.4 is 10.9 Å². The number of H-pyrrole nitrogens is 1. The number of para-hydroxylation sites is 1. The van der Waals surface area contributed by atoms with E-state index in [-0.39, 0.29) is 17.4 Å². The van der Waals surface area contributed by atoms with Gasteiger partial charge in [-0.15, -0.1) is 0 Å². The molecule has 7 heteroatoms. The average molecular weight is 368 g/mol. The Morgan fingerprint density at radius 1 is 1.04 bits per heavy atom. The number of rotatable bonds is 4. The second-order valence-electron chi connectivity index (χ2n) is 6.82. The first kappa shape index (κ1) is 18.8. The molecule has 27 heavy (non-hydrogen) atoms. The van der Waals surface area contributed by atoms with Crippen molar-refractivity contribution in [1.29, 1.82) is 0 Å². The van der Waals surface area contributed by atoms with Crippen molar-refractivity contribution in [3.63, 3.8) is 0 Å². The van der Waals surface area contributed by atoms with E-state index in [9.17, 15) is 14.4 Å². The third-order valence-corrected chi connectivity index (χ3v) is 4.80. The minimum absolute atomic E-state index is 0.0483. The zero-order valence-electron chi connectivity index (χ0n) is 15.6. The molecule has 0 radical (unpaired) electrons. The number of aromatic amines is 1. The van der Waals surface area contributed by atoms with Crippen molar-refractivity contribution >= 4 is 17.5 Å². The smallest absolute Gasteiger partial charge is 0.255 e. The molecule has 1 aliphatic heterocycles. The molecule has 0 spiro atoms. The van der Waals surface area contributed by atoms with Crippen LogP contribution in [0.25, 0.3) is 0 Å². The zero-order chi connectivity index (χ0) is 19.4. The van der Waals surface area contributed by atoms with Crippen molar-refractivity contribution in [2.24, 2.45) is 0 Å². The second-order valence-corrected chi connectivity index (χ2v) is 6.82. The molecule has 2 aromatic rings. The summed E-state index contributed by atoms with van der Waals surface area (Å²) in [6, 6.07) is 8.81. The van der Waals surface area contributed by atoms with Gasteiger partial charge in [0.15, 0.2) is 0 Å². The molecule has 1 aliphatic rings. The summed E-state index contributed by atoms with van der Waals surface area (Å²) in [5.74, 6) is -0.154. The van der Waals surface area contributed by atoms with Crippen LogP contribution in [-0.4, -0.2) is 59.3 Å². The summed E-state index contributed by atoms with van der Waals surface area (Å²) in [6.45, 7) is 6.62. The van der Waals surface area contributed by atoms with Gasteiger partial charge in [0.2, 0.25) is 11.5 Å². The molecule has 1 fully saturated rings. The van der Waals surface area contributed by atoms with Gasteiger partial charge in [-0.05, 0) is 31.0 Å². The number of anilines is 1. The maximum atomic E-state index is 12.5. The van der Waals surface area contributed by atoms with Gasteiger partial charge < -0.3 is 15.2 Å². The van der Waals surface area contributed by atoms with Crippen molar-refractivity contribution in [3.05, 3.63) is 63.6 Å². The first-order valence-corrected chi connectivity index (χ1v) is 9.00. The Bertz CT molecular complexity index is 858. The van der Waals surface area contributed by atoms with Crippen LogP contribution in [0.1, 0.15) is 21.5 Å². The summed E-state index contributed by atoms with van der Waals surface area (Å²) in [4.78, 5) is 42.3. The number of hydrogen-bond acceptors (Lipinski definition) is 4. The zero-order valence-corrected chi connectivity index (χ0v) is 15.6. The topological polar surface area (TPSA) is 85.5 Å². The molecule has 2 heterocycles. The summed E-state index contributed by atoms with van der Waals surface area (Å²) in [5, 5.41) is 3.00. The molecule has 1 saturated heterocycles. The number of carbonyl (C=O) groups is 2. The number of piperazine rings is 1. The third kappa shape index (κ3) is 4.62. The Labute approximate surface area is 158 Å². The molecular formula is C20H24N4O3. The number of pyridine rings is 1. The monoisotopic (exact) mass is 368 g/mol. The Hall–Kier alpha value is -2.93. The highest BCUT2D eigenvalue weighted by atomic mass is 16.2. The van der Waals surface area contributed by atoms with E-state index in [0.29, 0.717) is 38.3 Å². The SMILES string of the molecule is Cc1cccc(C)c1NC(=O)CN1CCN(C(=O)c2ccc(=O)[nH]c2)CC1. The van der Waals surface area contributed by atoms with Crippen molar-refractivity contribution < 1.29 is 9.59 Å². The predicted molar refractivity (Wildman–Crippen MR) is 104 cm³/mol. The summed E-state index contributed by atoms with van der Waals surface area (Å²) in [5.41, 5.74) is 3.19. The summed E-state index contributed by atoms with van der Waals surface area (Å²) in [6.07, 6.45) is 1.44. The molecule has 1 aromatic heterocycles. The number of carbonyl (C=O) groups excluding carboxylic acids is 2. The van der Waals surface area contributed by atoms with Gasteiger partial charge in [0.1, 0.15) is 0 Å². The summed E-state index contributed by atoms with van der Waals surface area (Å²) < 4.78 is 0. The van der Waals surface area contributed by atoms with Gasteiger partial charge in [0, 0.05) is 44.1 Å². The minimum Gasteiger partial charge on any atom is -0.336 e. The third-order valence-electron chi connectivity index (χ3n) is 4.80. The van der Waals surface area contributed by atoms with Crippen molar-refractivity contribution in [1.82, 2.24) is 14.8 Å². The lowest BCUT2D eigenvalue weighted by molar-refractivity contribution is -0.117. The van der Waals surface area contributed by atoms with Crippen molar-refractivity contribution in [3.8, 4) is 0 Å². The lowest BCUT2D eigenvalue weighted by Crippen LogP contribution is -2.50. The van der Waals surface area contributed by atoms with E-state index < -0.39 is 0 Å². The highest BCUT2D eigenvalue weighted by Gasteiger charge is 2.23. The molecule has 7 nitrogen and oxygen atoms in total. The maximum Gasteiger partial charge on any atom is 0.255 e. The largest absolute Gasteiger partial charge is 0.336 e. The van der Waals surface area contributed by atoms with Crippen molar-refractivity contribution in [2.75, 3.05) is 38.0 Å². The van der Waals surface area contributed by atoms with Crippen LogP contribution in [0, 0.1) is 13.8 Å². The number of amides is 2. The average Bonchev–Trinajstić information content (AvgIpc) is 2.65. The van der Waals surface area contributed by atoms with E-state index in [4.69, 9.17) is 0 Å². The summed E-state index contributed by atoms with van der Waals surface area (Å²) in [7, 11) is 0. The van der Waals surface area contributed by atoms with Crippen LogP contribution in [0.2, 0.25) is 0 Å². The molecular weight excluding hydrogens is 344 g/mol. The molecule has 0 aliphatic carbocycles. The van der Waals surface area contributed by atoms with Gasteiger partial charge >= 0.3 is 0 Å². The van der Waals surface area contributed by atoms with E-state index in [1.54, 1.807) is 4.90 Å².